The summed E-state index contributed by atoms with van der Waals surface area (Å²) < 4.78 is 8.87. The first-order chi connectivity index (χ1) is 12.6. The van der Waals surface area contributed by atoms with Gasteiger partial charge in [0.05, 0.1) is 0 Å². The molecule has 0 radical (unpaired) electrons. The molecule has 4 aliphatic rings. The minimum atomic E-state index is -0.374. The third-order valence-corrected chi connectivity index (χ3v) is 9.32. The first-order valence-corrected chi connectivity index (χ1v) is 13.0. The van der Waals surface area contributed by atoms with Crippen LogP contribution in [0.4, 0.5) is 0 Å². The Hall–Kier alpha value is -0.820. The maximum absolute atomic E-state index is 12.8. The molecule has 1 aromatic carbocycles. The number of aromatic hydroxyl groups is 1. The Kier molecular flexibility index (Phi) is 4.23. The monoisotopic (exact) mass is 468 g/mol. The number of benzene rings is 1. The van der Waals surface area contributed by atoms with E-state index in [0.29, 0.717) is 18.1 Å². The van der Waals surface area contributed by atoms with Crippen LogP contribution in [0, 0.1) is 11.8 Å². The third-order valence-electron chi connectivity index (χ3n) is 7.07. The first-order valence-electron chi connectivity index (χ1n) is 9.93. The van der Waals surface area contributed by atoms with Crippen LogP contribution in [-0.4, -0.2) is 38.1 Å². The fourth-order valence-electron chi connectivity index (χ4n) is 5.60. The van der Waals surface area contributed by atoms with E-state index in [4.69, 9.17) is 4.74 Å². The van der Waals surface area contributed by atoms with Crippen LogP contribution in [0.3, 0.4) is 0 Å². The molecule has 5 rings (SSSR count). The molecule has 0 saturated heterocycles. The molecule has 1 aliphatic heterocycles. The van der Waals surface area contributed by atoms with E-state index in [9.17, 15) is 9.90 Å². The van der Waals surface area contributed by atoms with Crippen molar-refractivity contribution < 1.29 is 36.1 Å². The number of aryl methyl sites for hydroxylation is 1. The van der Waals surface area contributed by atoms with Crippen LogP contribution in [0.25, 0.3) is 0 Å². The van der Waals surface area contributed by atoms with E-state index in [2.05, 4.69) is 14.1 Å². The van der Waals surface area contributed by atoms with Crippen molar-refractivity contribution in [2.75, 3.05) is 18.0 Å². The quantitative estimate of drug-likeness (QED) is 0.365. The molecule has 2 saturated carbocycles. The van der Waals surface area contributed by atoms with Gasteiger partial charge in [0.25, 0.3) is 0 Å². The van der Waals surface area contributed by atoms with Gasteiger partial charge in [0.2, 0.25) is 0 Å². The topological polar surface area (TPSA) is 49.8 Å². The Balaban J connectivity index is 1.53. The van der Waals surface area contributed by atoms with E-state index in [0.717, 1.165) is 38.1 Å². The molecule has 0 aromatic heterocycles. The van der Waals surface area contributed by atoms with Crippen LogP contribution in [0.1, 0.15) is 49.7 Å². The van der Waals surface area contributed by atoms with Gasteiger partial charge in [0.15, 0.2) is 0 Å². The molecule has 3 aliphatic carbocycles. The first kappa shape index (κ1) is 17.3. The van der Waals surface area contributed by atoms with Gasteiger partial charge in [-0.25, -0.2) is 0 Å². The van der Waals surface area contributed by atoms with Gasteiger partial charge < -0.3 is 0 Å². The van der Waals surface area contributed by atoms with E-state index in [1.807, 2.05) is 0 Å². The van der Waals surface area contributed by atoms with Crippen LogP contribution in [0.2, 0.25) is 0 Å². The number of phenols is 1. The second kappa shape index (κ2) is 6.36. The van der Waals surface area contributed by atoms with Crippen molar-refractivity contribution in [3.05, 3.63) is 23.3 Å². The Morgan fingerprint density at radius 1 is 1.27 bits per heavy atom. The van der Waals surface area contributed by atoms with Crippen LogP contribution < -0.4 is 26.2 Å². The number of hydrogen-bond donors (Lipinski definition) is 1. The van der Waals surface area contributed by atoms with Gasteiger partial charge in [-0.15, -0.1) is 0 Å². The SMILES string of the molecule is C[I-]N(CC[C@]12c3c4ccc(O)c3O[C@H]1C(=O)CCC2CC4)CC1CC1. The minimum absolute atomic E-state index is 0.0646. The normalized spacial score (nSPS) is 32.0. The molecule has 0 amide bonds. The van der Waals surface area contributed by atoms with Gasteiger partial charge in [-0.3, -0.25) is 0 Å². The summed E-state index contributed by atoms with van der Waals surface area (Å²) in [7, 11) is 0. The Morgan fingerprint density at radius 2 is 2.08 bits per heavy atom. The zero-order chi connectivity index (χ0) is 17.9. The summed E-state index contributed by atoms with van der Waals surface area (Å²) >= 11 is 0.0646. The van der Waals surface area contributed by atoms with Crippen LogP contribution in [0.15, 0.2) is 12.1 Å². The Bertz CT molecular complexity index is 747. The molecule has 1 unspecified atom stereocenters. The van der Waals surface area contributed by atoms with Crippen molar-refractivity contribution in [3.63, 3.8) is 0 Å². The van der Waals surface area contributed by atoms with Gasteiger partial charge in [0, 0.05) is 0 Å². The molecule has 4 nitrogen and oxygen atoms in total. The summed E-state index contributed by atoms with van der Waals surface area (Å²) in [5, 5.41) is 10.4. The third kappa shape index (κ3) is 2.53. The van der Waals surface area contributed by atoms with Crippen molar-refractivity contribution in [2.24, 2.45) is 11.8 Å². The Labute approximate surface area is 165 Å². The number of Topliss-reactive ketones (excluding diaryl/α,β-unsaturated/α-hetero) is 1. The summed E-state index contributed by atoms with van der Waals surface area (Å²) in [5.74, 6) is 2.49. The molecular formula is C21H27INO3-. The number of carbonyl (C=O) groups is 1. The number of ketones is 1. The van der Waals surface area contributed by atoms with Crippen LogP contribution >= 0.6 is 0 Å². The summed E-state index contributed by atoms with van der Waals surface area (Å²) in [4.78, 5) is 15.2. The second-order valence-electron chi connectivity index (χ2n) is 8.46. The number of ether oxygens (including phenoxy) is 1. The standard InChI is InChI=1S/C21H27INO3/c1-22-23(12-13-2-3-13)11-10-21-15-6-4-14-5-8-16(24)19(18(14)21)26-20(21)17(25)9-7-15/h5,8,13,15,20,24H,2-4,6-7,9-12H2,1H3/q-1/t15?,20-,21-/m0/s1. The predicted molar refractivity (Wildman–Crippen MR) is 95.1 cm³/mol. The van der Waals surface area contributed by atoms with E-state index in [1.165, 1.54) is 30.5 Å². The zero-order valence-corrected chi connectivity index (χ0v) is 17.5. The van der Waals surface area contributed by atoms with Crippen molar-refractivity contribution in [1.82, 2.24) is 3.11 Å². The van der Waals surface area contributed by atoms with Crippen molar-refractivity contribution >= 4 is 5.78 Å². The molecule has 0 spiro atoms. The van der Waals surface area contributed by atoms with Gasteiger partial charge in [-0.2, -0.15) is 0 Å². The van der Waals surface area contributed by atoms with Gasteiger partial charge >= 0.3 is 166 Å². The van der Waals surface area contributed by atoms with Crippen molar-refractivity contribution in [3.8, 4) is 11.5 Å². The van der Waals surface area contributed by atoms with Gasteiger partial charge in [-0.1, -0.05) is 0 Å². The summed E-state index contributed by atoms with van der Waals surface area (Å²) in [6.45, 7) is 2.31. The summed E-state index contributed by atoms with van der Waals surface area (Å²) in [5.41, 5.74) is 2.29. The summed E-state index contributed by atoms with van der Waals surface area (Å²) in [6.07, 6.45) is 7.21. The molecule has 3 atom stereocenters. The van der Waals surface area contributed by atoms with Gasteiger partial charge in [-0.05, 0) is 0 Å². The fourth-order valence-corrected chi connectivity index (χ4v) is 7.28. The fraction of sp³-hybridized carbons (Fsp3) is 0.667. The van der Waals surface area contributed by atoms with E-state index < -0.39 is 0 Å². The maximum atomic E-state index is 12.8. The average molecular weight is 468 g/mol. The Morgan fingerprint density at radius 3 is 2.85 bits per heavy atom. The zero-order valence-electron chi connectivity index (χ0n) is 15.3. The predicted octanol–water partition coefficient (Wildman–Crippen LogP) is 0.0522. The molecule has 5 heteroatoms. The number of rotatable bonds is 6. The van der Waals surface area contributed by atoms with Crippen molar-refractivity contribution in [2.45, 2.75) is 56.5 Å². The molecule has 1 aromatic rings. The number of phenolic OH excluding ortho intramolecular Hbond substituents is 1. The number of nitrogens with zero attached hydrogens (tertiary/aromatic N) is 1. The molecule has 1 heterocycles. The molecule has 2 fully saturated rings. The molecule has 0 bridgehead atoms. The number of carbonyl (C=O) groups excluding carboxylic acids is 1. The summed E-state index contributed by atoms with van der Waals surface area (Å²) in [6, 6.07) is 3.81. The number of hydrogen-bond acceptors (Lipinski definition) is 4. The molecule has 26 heavy (non-hydrogen) atoms. The van der Waals surface area contributed by atoms with E-state index in [1.54, 1.807) is 6.07 Å². The van der Waals surface area contributed by atoms with Crippen LogP contribution in [-0.2, 0) is 16.6 Å². The molecule has 142 valence electrons. The molecule has 1 N–H and O–H groups in total. The number of alkyl halides is 1. The van der Waals surface area contributed by atoms with Gasteiger partial charge in [0.1, 0.15) is 0 Å². The second-order valence-corrected chi connectivity index (χ2v) is 10.8. The van der Waals surface area contributed by atoms with Crippen LogP contribution in [0.5, 0.6) is 11.5 Å². The van der Waals surface area contributed by atoms with E-state index >= 15 is 0 Å². The average Bonchev–Trinajstić information content (AvgIpc) is 3.39. The van der Waals surface area contributed by atoms with E-state index in [-0.39, 0.29) is 44.5 Å². The number of halogens is 1. The molecular weight excluding hydrogens is 441 g/mol. The van der Waals surface area contributed by atoms with Crippen molar-refractivity contribution in [1.29, 1.82) is 0 Å².